The van der Waals surface area contributed by atoms with Gasteiger partial charge in [-0.25, -0.2) is 0 Å². The average molecular weight is 1100 g/mol. The summed E-state index contributed by atoms with van der Waals surface area (Å²) in [5.41, 5.74) is 6.93. The van der Waals surface area contributed by atoms with Crippen molar-refractivity contribution >= 4 is 11.9 Å². The van der Waals surface area contributed by atoms with Crippen LogP contribution < -0.4 is 72.2 Å². The molecule has 0 aliphatic carbocycles. The van der Waals surface area contributed by atoms with E-state index >= 15 is 0 Å². The number of allylic oxidation sites excluding steroid dienone is 2. The van der Waals surface area contributed by atoms with Gasteiger partial charge in [-0.2, -0.15) is 0 Å². The van der Waals surface area contributed by atoms with Crippen molar-refractivity contribution in [1.82, 2.24) is 0 Å². The Kier molecular flexibility index (Phi) is 24.3. The highest BCUT2D eigenvalue weighted by atomic mass is 35.5. The van der Waals surface area contributed by atoms with Crippen molar-refractivity contribution in [3.05, 3.63) is 94.1 Å². The molecule has 2 heterocycles. The quantitative estimate of drug-likeness (QED) is 0.0356. The van der Waals surface area contributed by atoms with Gasteiger partial charge in [0.1, 0.15) is 12.1 Å². The Morgan fingerprint density at radius 1 is 0.461 bits per heavy atom. The van der Waals surface area contributed by atoms with Crippen molar-refractivity contribution in [1.29, 1.82) is 0 Å². The third-order valence-electron chi connectivity index (χ3n) is 15.0. The maximum Gasteiger partial charge on any atom is 0.306 e. The molecule has 0 bridgehead atoms. The molecule has 16 nitrogen and oxygen atoms in total. The van der Waals surface area contributed by atoms with E-state index in [-0.39, 0.29) is 61.7 Å². The Hall–Kier alpha value is -5.94. The van der Waals surface area contributed by atoms with Gasteiger partial charge in [-0.15, -0.1) is 0 Å². The van der Waals surface area contributed by atoms with Crippen LogP contribution in [-0.2, 0) is 44.7 Å². The van der Waals surface area contributed by atoms with Gasteiger partial charge in [-0.3, -0.25) is 9.59 Å². The molecule has 4 aromatic carbocycles. The summed E-state index contributed by atoms with van der Waals surface area (Å²) >= 11 is 0. The van der Waals surface area contributed by atoms with Crippen LogP contribution >= 0.6 is 0 Å². The van der Waals surface area contributed by atoms with E-state index in [0.29, 0.717) is 109 Å². The van der Waals surface area contributed by atoms with Crippen molar-refractivity contribution < 1.29 is 100 Å². The SMILES string of the molecule is COc1cc2c(cc1OC)C(Cc1cc(OC)c(OC)c(OC)c1)[N@@+](C)(CCCOC(=O)CC/C=C/CCC(=O)OCCC[N@@+]1(C)CCc3cc(OC)c(OC)cc3C1Cc1cc(OC)c(OC)c(OC)c1)CC2.[Cl-].[Cl-]. The number of hydrogen-bond acceptors (Lipinski definition) is 14. The van der Waals surface area contributed by atoms with E-state index in [1.165, 1.54) is 22.3 Å². The number of nitrogens with zero attached hydrogens (tertiary/aromatic N) is 2. The van der Waals surface area contributed by atoms with Crippen LogP contribution in [0.3, 0.4) is 0 Å². The summed E-state index contributed by atoms with van der Waals surface area (Å²) in [7, 11) is 20.9. The first kappa shape index (κ1) is 62.6. The van der Waals surface area contributed by atoms with Crippen molar-refractivity contribution in [2.75, 3.05) is 125 Å². The number of ether oxygens (including phenoxy) is 12. The number of likely N-dealkylation sites (N-methyl/N-ethyl adjacent to an activating group) is 2. The number of rotatable bonds is 28. The third kappa shape index (κ3) is 15.0. The number of carbonyl (C=O) groups is 2. The molecule has 0 amide bonds. The standard InChI is InChI=1S/C58H80N2O14.2ClH/c1-59(25-21-41-35-47(63-3)49(65-5)37-43(41)45(59)29-39-31-51(67-7)57(71-11)52(32-39)68-8)23-17-27-73-55(61)19-15-13-14-16-20-56(62)74-28-18-24-60(2)26-22-42-36-48(64-4)50(66-6)38-44(42)46(60)30-40-33-53(69-9)58(72-12)54(34-40)70-10;;/h13-14,31-38,45-46H,15-30H2,1-12H3;2*1H/q+2;;/p-2/b14-13+;;/t45?,46?,59-,60-;;/m0../s1. The summed E-state index contributed by atoms with van der Waals surface area (Å²) in [6.07, 6.45) is 9.94. The zero-order chi connectivity index (χ0) is 53.4. The highest BCUT2D eigenvalue weighted by Crippen LogP contribution is 2.47. The second kappa shape index (κ2) is 29.5. The predicted octanol–water partition coefficient (Wildman–Crippen LogP) is 3.04. The molecule has 2 aliphatic rings. The monoisotopic (exact) mass is 1100 g/mol. The van der Waals surface area contributed by atoms with Crippen LogP contribution in [0.15, 0.2) is 60.7 Å². The molecule has 4 atom stereocenters. The first-order valence-electron chi connectivity index (χ1n) is 25.5. The molecule has 0 aromatic heterocycles. The molecule has 2 aliphatic heterocycles. The molecule has 18 heteroatoms. The maximum atomic E-state index is 12.9. The second-order valence-corrected chi connectivity index (χ2v) is 19.4. The lowest BCUT2D eigenvalue weighted by Gasteiger charge is -2.46. The number of quaternary nitrogens is 2. The molecule has 0 radical (unpaired) electrons. The third-order valence-corrected chi connectivity index (χ3v) is 15.0. The molecule has 2 unspecified atom stereocenters. The van der Waals surface area contributed by atoms with Gasteiger partial charge in [-0.05, 0) is 83.6 Å². The van der Waals surface area contributed by atoms with Crippen LogP contribution in [-0.4, -0.2) is 145 Å². The van der Waals surface area contributed by atoms with Gasteiger partial charge in [0.2, 0.25) is 11.5 Å². The van der Waals surface area contributed by atoms with E-state index in [1.807, 2.05) is 36.4 Å². The maximum absolute atomic E-state index is 12.9. The number of methoxy groups -OCH3 is 10. The Balaban J connectivity index is 0.00000624. The summed E-state index contributed by atoms with van der Waals surface area (Å²) in [6, 6.07) is 16.5. The fourth-order valence-electron chi connectivity index (χ4n) is 10.8. The fourth-order valence-corrected chi connectivity index (χ4v) is 10.8. The first-order valence-corrected chi connectivity index (χ1v) is 25.5. The van der Waals surface area contributed by atoms with Crippen molar-refractivity contribution in [3.8, 4) is 57.5 Å². The minimum absolute atomic E-state index is 0. The number of carbonyl (C=O) groups excluding carboxylic acids is 2. The summed E-state index contributed by atoms with van der Waals surface area (Å²) in [5, 5.41) is 0. The van der Waals surface area contributed by atoms with Gasteiger partial charge in [0.05, 0.1) is 125 Å². The van der Waals surface area contributed by atoms with Crippen LogP contribution in [0.2, 0.25) is 0 Å². The highest BCUT2D eigenvalue weighted by Gasteiger charge is 2.42. The number of benzene rings is 4. The average Bonchev–Trinajstić information content (AvgIpc) is 3.42. The Morgan fingerprint density at radius 2 is 0.776 bits per heavy atom. The van der Waals surface area contributed by atoms with E-state index < -0.39 is 0 Å². The number of esters is 2. The van der Waals surface area contributed by atoms with E-state index in [2.05, 4.69) is 38.4 Å². The van der Waals surface area contributed by atoms with Gasteiger partial charge in [0.25, 0.3) is 0 Å². The zero-order valence-corrected chi connectivity index (χ0v) is 48.1. The fraction of sp³-hybridized carbons (Fsp3) is 0.517. The topological polar surface area (TPSA) is 145 Å². The minimum atomic E-state index is -0.246. The van der Waals surface area contributed by atoms with Crippen LogP contribution in [0.5, 0.6) is 57.5 Å². The van der Waals surface area contributed by atoms with E-state index in [9.17, 15) is 9.59 Å². The van der Waals surface area contributed by atoms with Crippen LogP contribution in [0, 0.1) is 0 Å². The lowest BCUT2D eigenvalue weighted by Crippen LogP contribution is -3.00. The molecule has 420 valence electrons. The zero-order valence-electron chi connectivity index (χ0n) is 46.6. The lowest BCUT2D eigenvalue weighted by molar-refractivity contribution is -0.941. The normalized spacial score (nSPS) is 18.4. The largest absolute Gasteiger partial charge is 1.00 e. The molecule has 0 saturated heterocycles. The van der Waals surface area contributed by atoms with Gasteiger partial charge in [0, 0.05) is 62.5 Å². The lowest BCUT2D eigenvalue weighted by atomic mass is 9.86. The number of fused-ring (bicyclic) bond motifs is 2. The Morgan fingerprint density at radius 3 is 1.08 bits per heavy atom. The van der Waals surface area contributed by atoms with Gasteiger partial charge >= 0.3 is 11.9 Å². The van der Waals surface area contributed by atoms with E-state index in [0.717, 1.165) is 59.1 Å². The predicted molar refractivity (Wildman–Crippen MR) is 282 cm³/mol. The molecule has 0 N–H and O–H groups in total. The van der Waals surface area contributed by atoms with Crippen molar-refractivity contribution in [2.45, 2.75) is 76.3 Å². The van der Waals surface area contributed by atoms with Crippen molar-refractivity contribution in [3.63, 3.8) is 0 Å². The number of hydrogen-bond donors (Lipinski definition) is 0. The molecular weight excluding hydrogens is 1020 g/mol. The highest BCUT2D eigenvalue weighted by molar-refractivity contribution is 5.70. The first-order chi connectivity index (χ1) is 35.7. The molecule has 0 saturated carbocycles. The van der Waals surface area contributed by atoms with Gasteiger partial charge < -0.3 is 90.6 Å². The molecule has 6 rings (SSSR count). The Bertz CT molecular complexity index is 2350. The smallest absolute Gasteiger partial charge is 0.306 e. The Labute approximate surface area is 462 Å². The summed E-state index contributed by atoms with van der Waals surface area (Å²) < 4.78 is 69.8. The summed E-state index contributed by atoms with van der Waals surface area (Å²) in [6.45, 7) is 4.02. The number of halogens is 2. The van der Waals surface area contributed by atoms with Crippen LogP contribution in [0.25, 0.3) is 0 Å². The van der Waals surface area contributed by atoms with Crippen LogP contribution in [0.4, 0.5) is 0 Å². The van der Waals surface area contributed by atoms with Gasteiger partial charge in [-0.1, -0.05) is 12.2 Å². The summed E-state index contributed by atoms with van der Waals surface area (Å²) in [4.78, 5) is 25.7. The van der Waals surface area contributed by atoms with E-state index in [1.54, 1.807) is 71.1 Å². The van der Waals surface area contributed by atoms with Gasteiger partial charge in [0.15, 0.2) is 46.0 Å². The molecular formula is C58H80Cl2N2O14. The second-order valence-electron chi connectivity index (χ2n) is 19.4. The molecule has 0 fully saturated rings. The minimum Gasteiger partial charge on any atom is -1.00 e. The van der Waals surface area contributed by atoms with E-state index in [4.69, 9.17) is 56.8 Å². The van der Waals surface area contributed by atoms with Crippen LogP contribution in [0.1, 0.15) is 84.0 Å². The molecule has 76 heavy (non-hydrogen) atoms. The summed E-state index contributed by atoms with van der Waals surface area (Å²) in [5.74, 6) is 5.81. The molecule has 4 aromatic rings. The molecule has 0 spiro atoms. The van der Waals surface area contributed by atoms with Crippen molar-refractivity contribution in [2.24, 2.45) is 0 Å².